The lowest BCUT2D eigenvalue weighted by molar-refractivity contribution is 0.309. The van der Waals surface area contributed by atoms with Crippen molar-refractivity contribution in [1.29, 1.82) is 0 Å². The maximum atomic E-state index is 5.71. The molecule has 1 heteroatoms. The van der Waals surface area contributed by atoms with Crippen LogP contribution in [0, 0.1) is 0 Å². The maximum Gasteiger partial charge on any atom is 0.119 e. The molecule has 1 aromatic carbocycles. The van der Waals surface area contributed by atoms with Crippen LogP contribution in [0.5, 0.6) is 5.75 Å². The van der Waals surface area contributed by atoms with E-state index in [-0.39, 0.29) is 0 Å². The Labute approximate surface area is 106 Å². The highest BCUT2D eigenvalue weighted by Crippen LogP contribution is 2.16. The Morgan fingerprint density at radius 3 is 2.53 bits per heavy atom. The van der Waals surface area contributed by atoms with Gasteiger partial charge in [-0.05, 0) is 37.0 Å². The summed E-state index contributed by atoms with van der Waals surface area (Å²) in [7, 11) is 0. The van der Waals surface area contributed by atoms with Crippen molar-refractivity contribution in [3.63, 3.8) is 0 Å². The van der Waals surface area contributed by atoms with Crippen LogP contribution in [0.2, 0.25) is 0 Å². The lowest BCUT2D eigenvalue weighted by atomic mass is 10.1. The second-order valence-electron chi connectivity index (χ2n) is 4.66. The van der Waals surface area contributed by atoms with E-state index in [9.17, 15) is 0 Å². The number of unbranched alkanes of at least 4 members (excludes halogenated alkanes) is 4. The first-order valence-electron chi connectivity index (χ1n) is 7.08. The largest absolute Gasteiger partial charge is 0.494 e. The van der Waals surface area contributed by atoms with Crippen LogP contribution in [0.25, 0.3) is 0 Å². The van der Waals surface area contributed by atoms with Gasteiger partial charge < -0.3 is 4.74 Å². The predicted octanol–water partition coefficient (Wildman–Crippen LogP) is 4.99. The Morgan fingerprint density at radius 2 is 1.76 bits per heavy atom. The molecule has 0 aliphatic heterocycles. The zero-order valence-electron chi connectivity index (χ0n) is 11.4. The fourth-order valence-electron chi connectivity index (χ4n) is 1.88. The molecule has 0 N–H and O–H groups in total. The normalized spacial score (nSPS) is 10.5. The van der Waals surface area contributed by atoms with E-state index in [1.165, 1.54) is 44.1 Å². The summed E-state index contributed by atoms with van der Waals surface area (Å²) in [5.41, 5.74) is 1.41. The summed E-state index contributed by atoms with van der Waals surface area (Å²) in [6, 6.07) is 8.57. The van der Waals surface area contributed by atoms with Gasteiger partial charge in [0.15, 0.2) is 0 Å². The summed E-state index contributed by atoms with van der Waals surface area (Å²) in [5.74, 6) is 1.03. The average molecular weight is 234 g/mol. The molecule has 0 radical (unpaired) electrons. The van der Waals surface area contributed by atoms with E-state index in [1.807, 2.05) is 0 Å². The van der Waals surface area contributed by atoms with Gasteiger partial charge in [-0.3, -0.25) is 0 Å². The minimum absolute atomic E-state index is 0.843. The topological polar surface area (TPSA) is 9.23 Å². The standard InChI is InChI=1S/C16H26O/c1-3-5-7-8-10-15-11-9-12-16(14-15)17-13-6-4-2/h9,11-12,14H,3-8,10,13H2,1-2H3. The molecule has 0 heterocycles. The third kappa shape index (κ3) is 6.35. The first kappa shape index (κ1) is 14.1. The van der Waals surface area contributed by atoms with Crippen molar-refractivity contribution in [2.45, 2.75) is 58.8 Å². The van der Waals surface area contributed by atoms with E-state index in [0.717, 1.165) is 18.8 Å². The van der Waals surface area contributed by atoms with Crippen LogP contribution >= 0.6 is 0 Å². The van der Waals surface area contributed by atoms with E-state index < -0.39 is 0 Å². The van der Waals surface area contributed by atoms with Crippen LogP contribution in [0.1, 0.15) is 57.9 Å². The lowest BCUT2D eigenvalue weighted by Crippen LogP contribution is -1.97. The molecule has 0 spiro atoms. The van der Waals surface area contributed by atoms with Crippen LogP contribution < -0.4 is 4.74 Å². The summed E-state index contributed by atoms with van der Waals surface area (Å²) >= 11 is 0. The third-order valence-corrected chi connectivity index (χ3v) is 2.98. The van der Waals surface area contributed by atoms with Crippen molar-refractivity contribution in [2.75, 3.05) is 6.61 Å². The van der Waals surface area contributed by atoms with Gasteiger partial charge >= 0.3 is 0 Å². The van der Waals surface area contributed by atoms with Gasteiger partial charge in [0.2, 0.25) is 0 Å². The number of aryl methyl sites for hydroxylation is 1. The van der Waals surface area contributed by atoms with Gasteiger partial charge in [-0.1, -0.05) is 51.7 Å². The van der Waals surface area contributed by atoms with Crippen molar-refractivity contribution in [3.05, 3.63) is 29.8 Å². The van der Waals surface area contributed by atoms with Crippen molar-refractivity contribution >= 4 is 0 Å². The van der Waals surface area contributed by atoms with Crippen LogP contribution in [-0.2, 0) is 6.42 Å². The number of hydrogen-bond acceptors (Lipinski definition) is 1. The summed E-state index contributed by atoms with van der Waals surface area (Å²) in [4.78, 5) is 0. The number of hydrogen-bond donors (Lipinski definition) is 0. The van der Waals surface area contributed by atoms with Gasteiger partial charge in [-0.2, -0.15) is 0 Å². The molecule has 1 aromatic rings. The van der Waals surface area contributed by atoms with Crippen molar-refractivity contribution in [2.24, 2.45) is 0 Å². The number of ether oxygens (including phenoxy) is 1. The smallest absolute Gasteiger partial charge is 0.119 e. The molecule has 0 saturated heterocycles. The molecular formula is C16H26O. The minimum atomic E-state index is 0.843. The Hall–Kier alpha value is -0.980. The summed E-state index contributed by atoms with van der Waals surface area (Å²) in [6.45, 7) is 5.28. The summed E-state index contributed by atoms with van der Waals surface area (Å²) < 4.78 is 5.71. The molecule has 0 saturated carbocycles. The van der Waals surface area contributed by atoms with E-state index in [1.54, 1.807) is 0 Å². The minimum Gasteiger partial charge on any atom is -0.494 e. The highest BCUT2D eigenvalue weighted by Gasteiger charge is 1.97. The van der Waals surface area contributed by atoms with Gasteiger partial charge in [0.1, 0.15) is 5.75 Å². The molecule has 0 fully saturated rings. The first-order chi connectivity index (χ1) is 8.36. The zero-order chi connectivity index (χ0) is 12.3. The highest BCUT2D eigenvalue weighted by molar-refractivity contribution is 5.28. The molecule has 0 atom stereocenters. The van der Waals surface area contributed by atoms with E-state index in [2.05, 4.69) is 38.1 Å². The van der Waals surface area contributed by atoms with Gasteiger partial charge in [-0.25, -0.2) is 0 Å². The summed E-state index contributed by atoms with van der Waals surface area (Å²) in [6.07, 6.45) is 8.82. The quantitative estimate of drug-likeness (QED) is 0.547. The fraction of sp³-hybridized carbons (Fsp3) is 0.625. The molecule has 1 rings (SSSR count). The van der Waals surface area contributed by atoms with Crippen LogP contribution in [-0.4, -0.2) is 6.61 Å². The van der Waals surface area contributed by atoms with Crippen LogP contribution in [0.15, 0.2) is 24.3 Å². The Balaban J connectivity index is 2.31. The van der Waals surface area contributed by atoms with Gasteiger partial charge in [0, 0.05) is 0 Å². The highest BCUT2D eigenvalue weighted by atomic mass is 16.5. The lowest BCUT2D eigenvalue weighted by Gasteiger charge is -2.07. The molecule has 1 nitrogen and oxygen atoms in total. The summed E-state index contributed by atoms with van der Waals surface area (Å²) in [5, 5.41) is 0. The molecule has 0 amide bonds. The molecule has 96 valence electrons. The van der Waals surface area contributed by atoms with Gasteiger partial charge in [-0.15, -0.1) is 0 Å². The predicted molar refractivity (Wildman–Crippen MR) is 74.7 cm³/mol. The number of rotatable bonds is 9. The van der Waals surface area contributed by atoms with E-state index in [0.29, 0.717) is 0 Å². The van der Waals surface area contributed by atoms with E-state index >= 15 is 0 Å². The zero-order valence-corrected chi connectivity index (χ0v) is 11.4. The monoisotopic (exact) mass is 234 g/mol. The van der Waals surface area contributed by atoms with Crippen LogP contribution in [0.3, 0.4) is 0 Å². The molecule has 0 aromatic heterocycles. The van der Waals surface area contributed by atoms with E-state index in [4.69, 9.17) is 4.74 Å². The SMILES string of the molecule is CCCCCCc1cccc(OCCCC)c1. The second-order valence-corrected chi connectivity index (χ2v) is 4.66. The Morgan fingerprint density at radius 1 is 0.941 bits per heavy atom. The fourth-order valence-corrected chi connectivity index (χ4v) is 1.88. The second kappa shape index (κ2) is 9.09. The number of benzene rings is 1. The molecule has 0 bridgehead atoms. The van der Waals surface area contributed by atoms with Crippen molar-refractivity contribution in [1.82, 2.24) is 0 Å². The molecule has 0 unspecified atom stereocenters. The van der Waals surface area contributed by atoms with Crippen molar-refractivity contribution in [3.8, 4) is 5.75 Å². The van der Waals surface area contributed by atoms with Crippen LogP contribution in [0.4, 0.5) is 0 Å². The molecule has 17 heavy (non-hydrogen) atoms. The Bertz CT molecular complexity index is 293. The average Bonchev–Trinajstić information content (AvgIpc) is 2.36. The third-order valence-electron chi connectivity index (χ3n) is 2.98. The Kier molecular flexibility index (Phi) is 7.53. The molecule has 0 aliphatic rings. The molecular weight excluding hydrogens is 208 g/mol. The van der Waals surface area contributed by atoms with Crippen molar-refractivity contribution < 1.29 is 4.74 Å². The van der Waals surface area contributed by atoms with Gasteiger partial charge in [0.25, 0.3) is 0 Å². The molecule has 0 aliphatic carbocycles. The first-order valence-corrected chi connectivity index (χ1v) is 7.08. The maximum absolute atomic E-state index is 5.71. The van der Waals surface area contributed by atoms with Gasteiger partial charge in [0.05, 0.1) is 6.61 Å².